The molecule has 0 aliphatic carbocycles. The van der Waals surface area contributed by atoms with Crippen LogP contribution in [0.1, 0.15) is 37.3 Å². The van der Waals surface area contributed by atoms with Crippen LogP contribution in [0.5, 0.6) is 5.75 Å². The molecule has 1 N–H and O–H groups in total. The Balaban J connectivity index is 1.60. The molecule has 188 valence electrons. The standard InChI is InChI=1S/C25H30BrN3O5S/c1-4-23(30)29-11-9-17-13-19(26)14-22(24(17)29)35(32,33)28-10-5-6-18(15-28)25(31)27-20-12-16(2)7-8-21(20)34-3/h7-8,12-14,18H,4-6,9-11,15H2,1-3H3,(H,27,31). The molecule has 0 bridgehead atoms. The van der Waals surface area contributed by atoms with Gasteiger partial charge in [-0.05, 0) is 61.6 Å². The third kappa shape index (κ3) is 5.10. The van der Waals surface area contributed by atoms with E-state index in [0.717, 1.165) is 11.1 Å². The Bertz CT molecular complexity index is 1260. The molecule has 10 heteroatoms. The Labute approximate surface area is 214 Å². The summed E-state index contributed by atoms with van der Waals surface area (Å²) in [6.45, 7) is 4.55. The van der Waals surface area contributed by atoms with E-state index in [0.29, 0.717) is 60.4 Å². The molecule has 0 radical (unpaired) electrons. The van der Waals surface area contributed by atoms with Gasteiger partial charge in [-0.3, -0.25) is 9.59 Å². The maximum absolute atomic E-state index is 13.8. The average molecular weight is 565 g/mol. The van der Waals surface area contributed by atoms with E-state index >= 15 is 0 Å². The molecule has 0 aromatic heterocycles. The van der Waals surface area contributed by atoms with Gasteiger partial charge in [-0.25, -0.2) is 8.42 Å². The van der Waals surface area contributed by atoms with Gasteiger partial charge < -0.3 is 15.0 Å². The van der Waals surface area contributed by atoms with Crippen LogP contribution >= 0.6 is 15.9 Å². The highest BCUT2D eigenvalue weighted by Gasteiger charge is 2.38. The molecule has 35 heavy (non-hydrogen) atoms. The second kappa shape index (κ2) is 10.3. The van der Waals surface area contributed by atoms with Crippen LogP contribution in [0.25, 0.3) is 0 Å². The Hall–Kier alpha value is -2.43. The number of rotatable bonds is 6. The van der Waals surface area contributed by atoms with Crippen LogP contribution in [-0.2, 0) is 26.0 Å². The lowest BCUT2D eigenvalue weighted by molar-refractivity contribution is -0.121. The van der Waals surface area contributed by atoms with Gasteiger partial charge in [0.15, 0.2) is 0 Å². The highest BCUT2D eigenvalue weighted by molar-refractivity contribution is 9.10. The van der Waals surface area contributed by atoms with Gasteiger partial charge in [0.1, 0.15) is 10.6 Å². The van der Waals surface area contributed by atoms with Gasteiger partial charge in [0.05, 0.1) is 24.4 Å². The number of nitrogens with one attached hydrogen (secondary N) is 1. The zero-order valence-electron chi connectivity index (χ0n) is 20.1. The second-order valence-corrected chi connectivity index (χ2v) is 11.8. The predicted molar refractivity (Wildman–Crippen MR) is 138 cm³/mol. The summed E-state index contributed by atoms with van der Waals surface area (Å²) in [5.41, 5.74) is 2.84. The van der Waals surface area contributed by atoms with Gasteiger partial charge in [-0.15, -0.1) is 0 Å². The zero-order chi connectivity index (χ0) is 25.3. The fourth-order valence-corrected chi connectivity index (χ4v) is 7.22. The lowest BCUT2D eigenvalue weighted by atomic mass is 9.98. The number of methoxy groups -OCH3 is 1. The SMILES string of the molecule is CCC(=O)N1CCc2cc(Br)cc(S(=O)(=O)N3CCCC(C(=O)Nc4cc(C)ccc4OC)C3)c21. The van der Waals surface area contributed by atoms with Crippen LogP contribution in [0.3, 0.4) is 0 Å². The van der Waals surface area contributed by atoms with Crippen molar-refractivity contribution in [3.8, 4) is 5.75 Å². The number of carbonyl (C=O) groups excluding carboxylic acids is 2. The fraction of sp³-hybridized carbons (Fsp3) is 0.440. The molecule has 4 rings (SSSR count). The van der Waals surface area contributed by atoms with Gasteiger partial charge >= 0.3 is 0 Å². The van der Waals surface area contributed by atoms with E-state index in [9.17, 15) is 18.0 Å². The number of hydrogen-bond acceptors (Lipinski definition) is 5. The van der Waals surface area contributed by atoms with Gasteiger partial charge in [0.25, 0.3) is 0 Å². The number of ether oxygens (including phenoxy) is 1. The quantitative estimate of drug-likeness (QED) is 0.570. The van der Waals surface area contributed by atoms with Crippen LogP contribution in [0.15, 0.2) is 39.7 Å². The lowest BCUT2D eigenvalue weighted by Crippen LogP contribution is -2.44. The van der Waals surface area contributed by atoms with E-state index in [1.807, 2.05) is 25.1 Å². The third-order valence-corrected chi connectivity index (χ3v) is 8.92. The summed E-state index contributed by atoms with van der Waals surface area (Å²) >= 11 is 3.44. The minimum Gasteiger partial charge on any atom is -0.495 e. The van der Waals surface area contributed by atoms with E-state index in [1.54, 1.807) is 24.0 Å². The van der Waals surface area contributed by atoms with Crippen LogP contribution in [-0.4, -0.2) is 51.3 Å². The monoisotopic (exact) mass is 563 g/mol. The number of piperidine rings is 1. The van der Waals surface area contributed by atoms with Crippen molar-refractivity contribution < 1.29 is 22.7 Å². The minimum atomic E-state index is -3.94. The summed E-state index contributed by atoms with van der Waals surface area (Å²) in [6, 6.07) is 8.96. The summed E-state index contributed by atoms with van der Waals surface area (Å²) in [5, 5.41) is 2.92. The number of nitrogens with zero attached hydrogens (tertiary/aromatic N) is 2. The number of carbonyl (C=O) groups is 2. The number of fused-ring (bicyclic) bond motifs is 1. The van der Waals surface area contributed by atoms with Crippen LogP contribution in [0, 0.1) is 12.8 Å². The maximum Gasteiger partial charge on any atom is 0.245 e. The molecule has 1 fully saturated rings. The molecule has 2 aliphatic heterocycles. The number of anilines is 2. The van der Waals surface area contributed by atoms with Crippen LogP contribution in [0.2, 0.25) is 0 Å². The highest BCUT2D eigenvalue weighted by atomic mass is 79.9. The van der Waals surface area contributed by atoms with E-state index in [-0.39, 0.29) is 23.3 Å². The third-order valence-electron chi connectivity index (χ3n) is 6.58. The number of sulfonamides is 1. The fourth-order valence-electron chi connectivity index (χ4n) is 4.77. The molecule has 2 heterocycles. The molecule has 8 nitrogen and oxygen atoms in total. The largest absolute Gasteiger partial charge is 0.495 e. The molecule has 2 aromatic carbocycles. The summed E-state index contributed by atoms with van der Waals surface area (Å²) in [5.74, 6) is -0.298. The van der Waals surface area contributed by atoms with Crippen LogP contribution < -0.4 is 15.0 Å². The molecule has 2 aliphatic rings. The molecule has 2 aromatic rings. The maximum atomic E-state index is 13.8. The highest BCUT2D eigenvalue weighted by Crippen LogP contribution is 2.40. The van der Waals surface area contributed by atoms with Crippen molar-refractivity contribution in [1.82, 2.24) is 4.31 Å². The number of halogens is 1. The number of benzene rings is 2. The predicted octanol–water partition coefficient (Wildman–Crippen LogP) is 4.10. The van der Waals surface area contributed by atoms with Crippen molar-refractivity contribution in [2.24, 2.45) is 5.92 Å². The Kier molecular flexibility index (Phi) is 7.54. The first-order valence-electron chi connectivity index (χ1n) is 11.7. The van der Waals surface area contributed by atoms with Gasteiger partial charge in [-0.1, -0.05) is 28.9 Å². The topological polar surface area (TPSA) is 96.0 Å². The Morgan fingerprint density at radius 3 is 2.69 bits per heavy atom. The molecular weight excluding hydrogens is 534 g/mol. The average Bonchev–Trinajstić information content (AvgIpc) is 3.26. The lowest BCUT2D eigenvalue weighted by Gasteiger charge is -2.32. The summed E-state index contributed by atoms with van der Waals surface area (Å²) < 4.78 is 35.1. The first kappa shape index (κ1) is 25.7. The molecule has 0 spiro atoms. The number of aryl methyl sites for hydroxylation is 1. The Morgan fingerprint density at radius 1 is 1.20 bits per heavy atom. The van der Waals surface area contributed by atoms with Crippen LogP contribution in [0.4, 0.5) is 11.4 Å². The summed E-state index contributed by atoms with van der Waals surface area (Å²) in [4.78, 5) is 27.4. The molecule has 2 amide bonds. The van der Waals surface area contributed by atoms with E-state index in [2.05, 4.69) is 21.2 Å². The van der Waals surface area contributed by atoms with Crippen molar-refractivity contribution in [2.75, 3.05) is 37.0 Å². The van der Waals surface area contributed by atoms with Gasteiger partial charge in [0, 0.05) is 30.5 Å². The minimum absolute atomic E-state index is 0.0747. The molecule has 1 atom stereocenters. The molecule has 0 saturated carbocycles. The summed E-state index contributed by atoms with van der Waals surface area (Å²) in [7, 11) is -2.40. The second-order valence-electron chi connectivity index (χ2n) is 8.96. The smallest absolute Gasteiger partial charge is 0.245 e. The number of hydrogen-bond donors (Lipinski definition) is 1. The number of amides is 2. The molecular formula is C25H30BrN3O5S. The van der Waals surface area contributed by atoms with Gasteiger partial charge in [0.2, 0.25) is 21.8 Å². The van der Waals surface area contributed by atoms with Crippen molar-refractivity contribution in [1.29, 1.82) is 0 Å². The summed E-state index contributed by atoms with van der Waals surface area (Å²) in [6.07, 6.45) is 2.05. The van der Waals surface area contributed by atoms with Crippen molar-refractivity contribution in [3.05, 3.63) is 45.9 Å². The molecule has 1 saturated heterocycles. The first-order valence-corrected chi connectivity index (χ1v) is 14.0. The molecule has 1 unspecified atom stereocenters. The van der Waals surface area contributed by atoms with E-state index in [4.69, 9.17) is 4.74 Å². The van der Waals surface area contributed by atoms with Crippen molar-refractivity contribution in [2.45, 2.75) is 44.4 Å². The first-order chi connectivity index (χ1) is 16.6. The van der Waals surface area contributed by atoms with Crippen molar-refractivity contribution >= 4 is 49.1 Å². The van der Waals surface area contributed by atoms with E-state index in [1.165, 1.54) is 11.4 Å². The van der Waals surface area contributed by atoms with Gasteiger partial charge in [-0.2, -0.15) is 4.31 Å². The zero-order valence-corrected chi connectivity index (χ0v) is 22.5. The normalized spacial score (nSPS) is 18.3. The Morgan fingerprint density at radius 2 is 1.97 bits per heavy atom. The van der Waals surface area contributed by atoms with E-state index < -0.39 is 15.9 Å². The van der Waals surface area contributed by atoms with Crippen molar-refractivity contribution in [3.63, 3.8) is 0 Å².